The molecule has 0 aliphatic carbocycles. The van der Waals surface area contributed by atoms with Crippen molar-refractivity contribution in [1.82, 2.24) is 10.2 Å². The van der Waals surface area contributed by atoms with E-state index in [4.69, 9.17) is 11.6 Å². The van der Waals surface area contributed by atoms with E-state index in [9.17, 15) is 14.0 Å². The lowest BCUT2D eigenvalue weighted by atomic mass is 10.1. The van der Waals surface area contributed by atoms with Crippen LogP contribution < -0.4 is 5.32 Å². The predicted octanol–water partition coefficient (Wildman–Crippen LogP) is 5.68. The van der Waals surface area contributed by atoms with Gasteiger partial charge in [0.05, 0.1) is 0 Å². The summed E-state index contributed by atoms with van der Waals surface area (Å²) in [5, 5.41) is 3.64. The summed E-state index contributed by atoms with van der Waals surface area (Å²) in [4.78, 5) is 28.4. The summed E-state index contributed by atoms with van der Waals surface area (Å²) in [6.07, 6.45) is 1.83. The Morgan fingerprint density at radius 1 is 1.10 bits per heavy atom. The zero-order valence-corrected chi connectivity index (χ0v) is 19.8. The van der Waals surface area contributed by atoms with E-state index in [1.807, 2.05) is 38.1 Å². The molecule has 0 saturated carbocycles. The number of thioether (sulfide) groups is 1. The largest absolute Gasteiger partial charge is 0.352 e. The summed E-state index contributed by atoms with van der Waals surface area (Å²) in [5.41, 5.74) is 0.786. The van der Waals surface area contributed by atoms with E-state index in [2.05, 4.69) is 5.32 Å². The van der Waals surface area contributed by atoms with Crippen LogP contribution in [-0.4, -0.2) is 34.6 Å². The molecule has 7 heteroatoms. The standard InChI is InChI=1S/C24H30ClFN2O2S/c1-4-17(2)27-24(30)18(3)28(16-19-7-11-21(26)12-8-19)23(29)6-5-15-31-22-13-9-20(25)10-14-22/h7-14,17-18H,4-6,15-16H2,1-3H3,(H,27,30)/t17-,18+/m1/s1. The summed E-state index contributed by atoms with van der Waals surface area (Å²) in [7, 11) is 0. The Labute approximate surface area is 193 Å². The van der Waals surface area contributed by atoms with Gasteiger partial charge in [-0.25, -0.2) is 4.39 Å². The highest BCUT2D eigenvalue weighted by Gasteiger charge is 2.26. The van der Waals surface area contributed by atoms with E-state index in [1.54, 1.807) is 35.7 Å². The van der Waals surface area contributed by atoms with Crippen molar-refractivity contribution in [2.45, 2.75) is 63.6 Å². The molecule has 0 aliphatic heterocycles. The minimum atomic E-state index is -0.615. The van der Waals surface area contributed by atoms with Crippen LogP contribution in [0.25, 0.3) is 0 Å². The average molecular weight is 465 g/mol. The maximum atomic E-state index is 13.3. The first-order chi connectivity index (χ1) is 14.8. The van der Waals surface area contributed by atoms with Gasteiger partial charge in [-0.1, -0.05) is 30.7 Å². The molecule has 2 aromatic carbocycles. The van der Waals surface area contributed by atoms with Crippen molar-refractivity contribution in [1.29, 1.82) is 0 Å². The number of rotatable bonds is 11. The molecule has 0 fully saturated rings. The van der Waals surface area contributed by atoms with Crippen molar-refractivity contribution in [3.8, 4) is 0 Å². The molecule has 1 N–H and O–H groups in total. The van der Waals surface area contributed by atoms with Crippen molar-refractivity contribution in [2.24, 2.45) is 0 Å². The van der Waals surface area contributed by atoms with E-state index in [0.717, 1.165) is 22.6 Å². The van der Waals surface area contributed by atoms with Crippen LogP contribution in [0.3, 0.4) is 0 Å². The number of benzene rings is 2. The smallest absolute Gasteiger partial charge is 0.242 e. The molecule has 0 unspecified atom stereocenters. The van der Waals surface area contributed by atoms with Gasteiger partial charge >= 0.3 is 0 Å². The normalized spacial score (nSPS) is 12.8. The molecular formula is C24H30ClFN2O2S. The van der Waals surface area contributed by atoms with Crippen LogP contribution in [0.15, 0.2) is 53.4 Å². The molecule has 0 spiro atoms. The van der Waals surface area contributed by atoms with Gasteiger partial charge in [0, 0.05) is 28.9 Å². The maximum absolute atomic E-state index is 13.3. The van der Waals surface area contributed by atoms with Crippen LogP contribution in [-0.2, 0) is 16.1 Å². The van der Waals surface area contributed by atoms with Crippen LogP contribution in [0, 0.1) is 5.82 Å². The second-order valence-corrected chi connectivity index (χ2v) is 9.15. The van der Waals surface area contributed by atoms with Gasteiger partial charge in [-0.3, -0.25) is 9.59 Å². The first-order valence-electron chi connectivity index (χ1n) is 10.5. The highest BCUT2D eigenvalue weighted by Crippen LogP contribution is 2.22. The topological polar surface area (TPSA) is 49.4 Å². The minimum absolute atomic E-state index is 0.0356. The van der Waals surface area contributed by atoms with Gasteiger partial charge in [0.2, 0.25) is 11.8 Å². The number of hydrogen-bond donors (Lipinski definition) is 1. The highest BCUT2D eigenvalue weighted by atomic mass is 35.5. The number of hydrogen-bond acceptors (Lipinski definition) is 3. The summed E-state index contributed by atoms with van der Waals surface area (Å²) in [6, 6.07) is 13.0. The Balaban J connectivity index is 1.99. The van der Waals surface area contributed by atoms with Crippen LogP contribution >= 0.6 is 23.4 Å². The molecule has 2 rings (SSSR count). The van der Waals surface area contributed by atoms with Crippen molar-refractivity contribution < 1.29 is 14.0 Å². The summed E-state index contributed by atoms with van der Waals surface area (Å²) in [5.74, 6) is 0.183. The lowest BCUT2D eigenvalue weighted by Gasteiger charge is -2.29. The SMILES string of the molecule is CC[C@@H](C)NC(=O)[C@H](C)N(Cc1ccc(F)cc1)C(=O)CCCSc1ccc(Cl)cc1. The lowest BCUT2D eigenvalue weighted by Crippen LogP contribution is -2.49. The second-order valence-electron chi connectivity index (χ2n) is 7.55. The molecule has 0 aromatic heterocycles. The molecule has 0 bridgehead atoms. The van der Waals surface area contributed by atoms with Gasteiger partial charge in [-0.05, 0) is 74.4 Å². The fraction of sp³-hybridized carbons (Fsp3) is 0.417. The van der Waals surface area contributed by atoms with Gasteiger partial charge < -0.3 is 10.2 Å². The number of nitrogens with zero attached hydrogens (tertiary/aromatic N) is 1. The van der Waals surface area contributed by atoms with E-state index in [-0.39, 0.29) is 30.2 Å². The first-order valence-corrected chi connectivity index (χ1v) is 11.9. The monoisotopic (exact) mass is 464 g/mol. The maximum Gasteiger partial charge on any atom is 0.242 e. The zero-order valence-electron chi connectivity index (χ0n) is 18.2. The molecule has 0 saturated heterocycles. The Morgan fingerprint density at radius 2 is 1.74 bits per heavy atom. The van der Waals surface area contributed by atoms with Crippen molar-refractivity contribution >= 4 is 35.2 Å². The fourth-order valence-electron chi connectivity index (χ4n) is 2.92. The number of carbonyl (C=O) groups excluding carboxylic acids is 2. The second kappa shape index (κ2) is 12.7. The van der Waals surface area contributed by atoms with E-state index < -0.39 is 6.04 Å². The highest BCUT2D eigenvalue weighted by molar-refractivity contribution is 7.99. The van der Waals surface area contributed by atoms with Crippen molar-refractivity contribution in [3.63, 3.8) is 0 Å². The van der Waals surface area contributed by atoms with Gasteiger partial charge in [0.25, 0.3) is 0 Å². The predicted molar refractivity (Wildman–Crippen MR) is 126 cm³/mol. The molecule has 2 amide bonds. The molecule has 2 atom stereocenters. The molecule has 0 aliphatic rings. The van der Waals surface area contributed by atoms with Crippen LogP contribution in [0.4, 0.5) is 4.39 Å². The Hall–Kier alpha value is -2.05. The van der Waals surface area contributed by atoms with E-state index in [0.29, 0.717) is 17.9 Å². The van der Waals surface area contributed by atoms with Gasteiger partial charge in [-0.2, -0.15) is 0 Å². The fourth-order valence-corrected chi connectivity index (χ4v) is 3.90. The number of halogens is 2. The van der Waals surface area contributed by atoms with Crippen LogP contribution in [0.5, 0.6) is 0 Å². The lowest BCUT2D eigenvalue weighted by molar-refractivity contribution is -0.140. The Kier molecular flexibility index (Phi) is 10.3. The quantitative estimate of drug-likeness (QED) is 0.343. The summed E-state index contributed by atoms with van der Waals surface area (Å²) >= 11 is 7.57. The number of nitrogens with one attached hydrogen (secondary N) is 1. The summed E-state index contributed by atoms with van der Waals surface area (Å²) < 4.78 is 13.3. The van der Waals surface area contributed by atoms with Crippen LogP contribution in [0.1, 0.15) is 45.6 Å². The molecule has 2 aromatic rings. The Bertz CT molecular complexity index is 846. The average Bonchev–Trinajstić information content (AvgIpc) is 2.76. The van der Waals surface area contributed by atoms with Crippen LogP contribution in [0.2, 0.25) is 5.02 Å². The number of amides is 2. The molecule has 0 heterocycles. The minimum Gasteiger partial charge on any atom is -0.352 e. The summed E-state index contributed by atoms with van der Waals surface area (Å²) in [6.45, 7) is 5.93. The van der Waals surface area contributed by atoms with Crippen molar-refractivity contribution in [3.05, 3.63) is 64.9 Å². The van der Waals surface area contributed by atoms with Gasteiger partial charge in [0.15, 0.2) is 0 Å². The third kappa shape index (κ3) is 8.54. The van der Waals surface area contributed by atoms with Gasteiger partial charge in [0.1, 0.15) is 11.9 Å². The molecule has 168 valence electrons. The third-order valence-electron chi connectivity index (χ3n) is 5.05. The molecule has 31 heavy (non-hydrogen) atoms. The van der Waals surface area contributed by atoms with Gasteiger partial charge in [-0.15, -0.1) is 11.8 Å². The first kappa shape index (κ1) is 25.2. The van der Waals surface area contributed by atoms with Crippen molar-refractivity contribution in [2.75, 3.05) is 5.75 Å². The zero-order chi connectivity index (χ0) is 22.8. The number of carbonyl (C=O) groups is 2. The van der Waals surface area contributed by atoms with E-state index >= 15 is 0 Å². The third-order valence-corrected chi connectivity index (χ3v) is 6.40. The molecule has 0 radical (unpaired) electrons. The molecular weight excluding hydrogens is 435 g/mol. The molecule has 4 nitrogen and oxygen atoms in total. The Morgan fingerprint density at radius 3 is 2.35 bits per heavy atom. The van der Waals surface area contributed by atoms with E-state index in [1.165, 1.54) is 12.1 Å².